The Balaban J connectivity index is 2.02. The van der Waals surface area contributed by atoms with Gasteiger partial charge in [-0.2, -0.15) is 0 Å². The highest BCUT2D eigenvalue weighted by Gasteiger charge is 2.37. The molecule has 0 spiro atoms. The molecule has 2 bridgehead atoms. The smallest absolute Gasteiger partial charge is 0.0195 e. The number of halogens is 1. The fraction of sp³-hybridized carbons (Fsp3) is 0.778. The summed E-state index contributed by atoms with van der Waals surface area (Å²) in [5.41, 5.74) is 0. The van der Waals surface area contributed by atoms with Crippen LogP contribution in [0.4, 0.5) is 0 Å². The summed E-state index contributed by atoms with van der Waals surface area (Å²) in [7, 11) is 0. The van der Waals surface area contributed by atoms with Gasteiger partial charge in [-0.25, -0.2) is 0 Å². The lowest BCUT2D eigenvalue weighted by Crippen LogP contribution is -2.06. The summed E-state index contributed by atoms with van der Waals surface area (Å²) in [4.78, 5) is 0. The molecule has 2 rings (SSSR count). The van der Waals surface area contributed by atoms with Crippen molar-refractivity contribution < 1.29 is 0 Å². The molecule has 0 unspecified atom stereocenters. The zero-order valence-corrected chi connectivity index (χ0v) is 8.25. The zero-order valence-electron chi connectivity index (χ0n) is 6.09. The minimum absolute atomic E-state index is 0.954. The van der Waals surface area contributed by atoms with Crippen LogP contribution in [0.25, 0.3) is 0 Å². The number of rotatable bonds is 1. The van der Waals surface area contributed by atoms with Crippen molar-refractivity contribution in [2.45, 2.75) is 25.7 Å². The number of hydrogen-bond acceptors (Lipinski definition) is 0. The van der Waals surface area contributed by atoms with Crippen LogP contribution in [-0.2, 0) is 0 Å². The third-order valence-corrected chi connectivity index (χ3v) is 3.53. The summed E-state index contributed by atoms with van der Waals surface area (Å²) in [5.74, 6) is 3.12. The molecule has 56 valence electrons. The van der Waals surface area contributed by atoms with Gasteiger partial charge in [0.05, 0.1) is 0 Å². The second-order valence-corrected chi connectivity index (χ2v) is 4.38. The van der Waals surface area contributed by atoms with E-state index in [1.165, 1.54) is 25.7 Å². The number of fused-ring (bicyclic) bond motifs is 2. The van der Waals surface area contributed by atoms with Gasteiger partial charge in [0, 0.05) is 0 Å². The third-order valence-electron chi connectivity index (χ3n) is 3.11. The quantitative estimate of drug-likeness (QED) is 0.624. The Bertz CT molecular complexity index is 151. The molecule has 0 aromatic heterocycles. The molecule has 1 heteroatoms. The van der Waals surface area contributed by atoms with E-state index in [-0.39, 0.29) is 0 Å². The largest absolute Gasteiger partial charge is 0.0751 e. The number of allylic oxidation sites excluding steroid dienone is 1. The second-order valence-electron chi connectivity index (χ2n) is 3.66. The van der Waals surface area contributed by atoms with Crippen LogP contribution in [0.5, 0.6) is 0 Å². The Morgan fingerprint density at radius 1 is 1.20 bits per heavy atom. The predicted molar refractivity (Wildman–Crippen MR) is 52.1 cm³/mol. The minimum Gasteiger partial charge on any atom is -0.0751 e. The van der Waals surface area contributed by atoms with Crippen LogP contribution in [0, 0.1) is 17.8 Å². The van der Waals surface area contributed by atoms with Crippen molar-refractivity contribution in [2.75, 3.05) is 0 Å². The molecule has 10 heavy (non-hydrogen) atoms. The van der Waals surface area contributed by atoms with E-state index < -0.39 is 0 Å². The highest BCUT2D eigenvalue weighted by molar-refractivity contribution is 14.1. The van der Waals surface area contributed by atoms with E-state index in [4.69, 9.17) is 0 Å². The first-order valence-corrected chi connectivity index (χ1v) is 5.41. The van der Waals surface area contributed by atoms with Crippen molar-refractivity contribution in [1.29, 1.82) is 0 Å². The Hall–Kier alpha value is 0.470. The lowest BCUT2D eigenvalue weighted by Gasteiger charge is -2.16. The molecule has 2 saturated carbocycles. The molecule has 0 aliphatic heterocycles. The van der Waals surface area contributed by atoms with Gasteiger partial charge in [-0.3, -0.25) is 0 Å². The summed E-state index contributed by atoms with van der Waals surface area (Å²) in [6.45, 7) is 0. The Kier molecular flexibility index (Phi) is 2.03. The maximum atomic E-state index is 2.41. The van der Waals surface area contributed by atoms with Crippen LogP contribution < -0.4 is 0 Å². The fourth-order valence-corrected chi connectivity index (χ4v) is 3.16. The molecule has 0 amide bonds. The van der Waals surface area contributed by atoms with Crippen molar-refractivity contribution in [2.24, 2.45) is 17.8 Å². The highest BCUT2D eigenvalue weighted by Crippen LogP contribution is 2.48. The van der Waals surface area contributed by atoms with Crippen LogP contribution in [-0.4, -0.2) is 0 Å². The van der Waals surface area contributed by atoms with Gasteiger partial charge in [0.25, 0.3) is 0 Å². The van der Waals surface area contributed by atoms with Gasteiger partial charge in [-0.1, -0.05) is 35.1 Å². The van der Waals surface area contributed by atoms with E-state index in [0.717, 1.165) is 17.8 Å². The summed E-state index contributed by atoms with van der Waals surface area (Å²) in [6, 6.07) is 0. The van der Waals surface area contributed by atoms with Gasteiger partial charge in [-0.15, -0.1) is 0 Å². The SMILES string of the molecule is I/C=C/[C@H]1C[C@@H]2CC[C@H]1C2. The molecular weight excluding hydrogens is 235 g/mol. The average Bonchev–Trinajstić information content (AvgIpc) is 2.48. The molecule has 0 nitrogen and oxygen atoms in total. The molecule has 0 N–H and O–H groups in total. The molecule has 0 radical (unpaired) electrons. The first-order chi connectivity index (χ1) is 4.90. The molecule has 0 aromatic rings. The first kappa shape index (κ1) is 7.14. The van der Waals surface area contributed by atoms with E-state index in [1.807, 2.05) is 0 Å². The molecular formula is C9H13I. The van der Waals surface area contributed by atoms with E-state index in [2.05, 4.69) is 32.7 Å². The Labute approximate surface area is 76.2 Å². The standard InChI is InChI=1S/C9H13I/c10-4-3-9-6-7-1-2-8(9)5-7/h3-4,7-9H,1-2,5-6H2/b4-3+/t7-,8+,9+/m1/s1. The number of hydrogen-bond donors (Lipinski definition) is 0. The molecule has 0 aromatic carbocycles. The topological polar surface area (TPSA) is 0 Å². The van der Waals surface area contributed by atoms with E-state index in [0.29, 0.717) is 0 Å². The van der Waals surface area contributed by atoms with Crippen LogP contribution in [0.1, 0.15) is 25.7 Å². The lowest BCUT2D eigenvalue weighted by molar-refractivity contribution is 0.395. The predicted octanol–water partition coefficient (Wildman–Crippen LogP) is 3.37. The van der Waals surface area contributed by atoms with Gasteiger partial charge < -0.3 is 0 Å². The van der Waals surface area contributed by atoms with Crippen molar-refractivity contribution in [3.63, 3.8) is 0 Å². The normalized spacial score (nSPS) is 45.5. The van der Waals surface area contributed by atoms with Crippen LogP contribution in [0.15, 0.2) is 10.2 Å². The average molecular weight is 248 g/mol. The summed E-state index contributed by atoms with van der Waals surface area (Å²) >= 11 is 2.34. The van der Waals surface area contributed by atoms with Crippen LogP contribution in [0.2, 0.25) is 0 Å². The van der Waals surface area contributed by atoms with Crippen molar-refractivity contribution >= 4 is 22.6 Å². The summed E-state index contributed by atoms with van der Waals surface area (Å²) in [6.07, 6.45) is 8.47. The van der Waals surface area contributed by atoms with Gasteiger partial charge in [0.1, 0.15) is 0 Å². The zero-order chi connectivity index (χ0) is 6.97. The fourth-order valence-electron chi connectivity index (χ4n) is 2.62. The van der Waals surface area contributed by atoms with Gasteiger partial charge in [0.2, 0.25) is 0 Å². The van der Waals surface area contributed by atoms with Crippen LogP contribution >= 0.6 is 22.6 Å². The molecule has 2 fully saturated rings. The van der Waals surface area contributed by atoms with Crippen LogP contribution in [0.3, 0.4) is 0 Å². The van der Waals surface area contributed by atoms with E-state index in [1.54, 1.807) is 0 Å². The van der Waals surface area contributed by atoms with Gasteiger partial charge in [-0.05, 0) is 41.1 Å². The van der Waals surface area contributed by atoms with E-state index >= 15 is 0 Å². The first-order valence-electron chi connectivity index (χ1n) is 4.17. The Morgan fingerprint density at radius 3 is 2.60 bits per heavy atom. The van der Waals surface area contributed by atoms with Gasteiger partial charge in [0.15, 0.2) is 0 Å². The van der Waals surface area contributed by atoms with E-state index in [9.17, 15) is 0 Å². The molecule has 0 saturated heterocycles. The maximum Gasteiger partial charge on any atom is -0.0195 e. The van der Waals surface area contributed by atoms with Gasteiger partial charge >= 0.3 is 0 Å². The van der Waals surface area contributed by atoms with Crippen molar-refractivity contribution in [3.05, 3.63) is 10.2 Å². The lowest BCUT2D eigenvalue weighted by atomic mass is 9.89. The summed E-state index contributed by atoms with van der Waals surface area (Å²) < 4.78 is 2.20. The molecule has 2 aliphatic carbocycles. The Morgan fingerprint density at radius 2 is 2.10 bits per heavy atom. The second kappa shape index (κ2) is 2.84. The van der Waals surface area contributed by atoms with Crippen molar-refractivity contribution in [1.82, 2.24) is 0 Å². The summed E-state index contributed by atoms with van der Waals surface area (Å²) in [5, 5.41) is 0. The molecule has 2 aliphatic rings. The molecule has 3 atom stereocenters. The monoisotopic (exact) mass is 248 g/mol. The molecule has 0 heterocycles. The highest BCUT2D eigenvalue weighted by atomic mass is 127. The third kappa shape index (κ3) is 1.13. The van der Waals surface area contributed by atoms with Crippen molar-refractivity contribution in [3.8, 4) is 0 Å². The maximum absolute atomic E-state index is 2.41. The minimum atomic E-state index is 0.954.